The van der Waals surface area contributed by atoms with Gasteiger partial charge in [-0.3, -0.25) is 9.59 Å². The topological polar surface area (TPSA) is 88.0 Å². The van der Waals surface area contributed by atoms with Gasteiger partial charge in [-0.1, -0.05) is 12.1 Å². The molecule has 4 N–H and O–H groups in total. The molecule has 0 unspecified atom stereocenters. The Kier molecular flexibility index (Phi) is 4.00. The first-order valence-corrected chi connectivity index (χ1v) is 8.09. The van der Waals surface area contributed by atoms with Crippen LogP contribution in [-0.4, -0.2) is 16.8 Å². The second-order valence-electron chi connectivity index (χ2n) is 4.76. The van der Waals surface area contributed by atoms with Crippen molar-refractivity contribution in [1.82, 2.24) is 10.3 Å². The van der Waals surface area contributed by atoms with Crippen LogP contribution in [-0.2, 0) is 6.54 Å². The van der Waals surface area contributed by atoms with Crippen molar-refractivity contribution in [1.29, 1.82) is 0 Å². The molecule has 0 spiro atoms. The molecule has 0 radical (unpaired) electrons. The predicted molar refractivity (Wildman–Crippen MR) is 90.0 cm³/mol. The predicted octanol–water partition coefficient (Wildman–Crippen LogP) is 3.02. The van der Waals surface area contributed by atoms with Crippen LogP contribution in [0.5, 0.6) is 0 Å². The molecule has 2 heterocycles. The first kappa shape index (κ1) is 14.8. The van der Waals surface area contributed by atoms with Crippen LogP contribution in [0.4, 0.5) is 0 Å². The molecule has 7 heteroatoms. The van der Waals surface area contributed by atoms with Crippen LogP contribution in [0, 0.1) is 0 Å². The highest BCUT2D eigenvalue weighted by atomic mass is 79.9. The van der Waals surface area contributed by atoms with Crippen LogP contribution < -0.4 is 11.1 Å². The Bertz CT molecular complexity index is 820. The SMILES string of the molecule is NC(=O)c1ccc(CNC(=O)c2cc3cc(Br)sc3[nH]2)cc1. The summed E-state index contributed by atoms with van der Waals surface area (Å²) in [5.41, 5.74) is 7.06. The van der Waals surface area contributed by atoms with Crippen LogP contribution in [0.25, 0.3) is 10.2 Å². The number of benzene rings is 1. The number of halogens is 1. The Labute approximate surface area is 138 Å². The van der Waals surface area contributed by atoms with E-state index in [0.717, 1.165) is 19.6 Å². The molecule has 3 aromatic rings. The highest BCUT2D eigenvalue weighted by molar-refractivity contribution is 9.11. The lowest BCUT2D eigenvalue weighted by Gasteiger charge is -2.04. The van der Waals surface area contributed by atoms with Gasteiger partial charge in [0.25, 0.3) is 5.91 Å². The molecule has 2 amide bonds. The van der Waals surface area contributed by atoms with Crippen molar-refractivity contribution >= 4 is 49.3 Å². The number of aromatic nitrogens is 1. The highest BCUT2D eigenvalue weighted by Gasteiger charge is 2.11. The van der Waals surface area contributed by atoms with Gasteiger partial charge >= 0.3 is 0 Å². The second kappa shape index (κ2) is 5.94. The number of hydrogen-bond donors (Lipinski definition) is 3. The Morgan fingerprint density at radius 2 is 1.95 bits per heavy atom. The molecule has 0 bridgehead atoms. The number of carbonyl (C=O) groups excluding carboxylic acids is 2. The molecule has 1 aromatic carbocycles. The summed E-state index contributed by atoms with van der Waals surface area (Å²) in [6.07, 6.45) is 0. The fourth-order valence-electron chi connectivity index (χ4n) is 2.08. The second-order valence-corrected chi connectivity index (χ2v) is 7.19. The smallest absolute Gasteiger partial charge is 0.268 e. The Hall–Kier alpha value is -2.12. The van der Waals surface area contributed by atoms with Crippen LogP contribution in [0.3, 0.4) is 0 Å². The molecule has 2 aromatic heterocycles. The number of nitrogens with one attached hydrogen (secondary N) is 2. The van der Waals surface area contributed by atoms with E-state index >= 15 is 0 Å². The average molecular weight is 378 g/mol. The van der Waals surface area contributed by atoms with Gasteiger partial charge in [0.05, 0.1) is 3.79 Å². The molecule has 0 saturated carbocycles. The standard InChI is InChI=1S/C15H12BrN3O2S/c16-12-6-10-5-11(19-15(10)22-12)14(21)18-7-8-1-3-9(4-2-8)13(17)20/h1-6,19H,7H2,(H2,17,20)(H,18,21). The molecular weight excluding hydrogens is 366 g/mol. The average Bonchev–Trinajstić information content (AvgIpc) is 3.02. The van der Waals surface area contributed by atoms with Gasteiger partial charge in [-0.2, -0.15) is 0 Å². The molecule has 5 nitrogen and oxygen atoms in total. The van der Waals surface area contributed by atoms with Crippen molar-refractivity contribution in [3.63, 3.8) is 0 Å². The van der Waals surface area contributed by atoms with Gasteiger partial charge in [-0.05, 0) is 45.8 Å². The summed E-state index contributed by atoms with van der Waals surface area (Å²) in [6.45, 7) is 0.383. The van der Waals surface area contributed by atoms with Crippen molar-refractivity contribution in [2.24, 2.45) is 5.73 Å². The van der Waals surface area contributed by atoms with E-state index in [2.05, 4.69) is 26.2 Å². The van der Waals surface area contributed by atoms with Gasteiger partial charge < -0.3 is 16.0 Å². The summed E-state index contributed by atoms with van der Waals surface area (Å²) in [6, 6.07) is 10.6. The number of thiophene rings is 1. The molecule has 0 saturated heterocycles. The number of primary amides is 1. The molecule has 0 aliphatic rings. The number of nitrogens with two attached hydrogens (primary N) is 1. The summed E-state index contributed by atoms with van der Waals surface area (Å²) >= 11 is 4.95. The number of rotatable bonds is 4. The van der Waals surface area contributed by atoms with E-state index in [0.29, 0.717) is 17.8 Å². The first-order valence-electron chi connectivity index (χ1n) is 6.48. The third-order valence-corrected chi connectivity index (χ3v) is 4.78. The van der Waals surface area contributed by atoms with E-state index in [-0.39, 0.29) is 5.91 Å². The zero-order valence-electron chi connectivity index (χ0n) is 11.4. The quantitative estimate of drug-likeness (QED) is 0.652. The highest BCUT2D eigenvalue weighted by Crippen LogP contribution is 2.29. The van der Waals surface area contributed by atoms with Crippen LogP contribution in [0.15, 0.2) is 40.2 Å². The maximum atomic E-state index is 12.1. The molecule has 0 atom stereocenters. The van der Waals surface area contributed by atoms with Crippen LogP contribution in [0.2, 0.25) is 0 Å². The lowest BCUT2D eigenvalue weighted by atomic mass is 10.1. The Balaban J connectivity index is 1.66. The minimum atomic E-state index is -0.465. The van der Waals surface area contributed by atoms with Gasteiger partial charge in [0.1, 0.15) is 10.5 Å². The zero-order chi connectivity index (χ0) is 15.7. The lowest BCUT2D eigenvalue weighted by Crippen LogP contribution is -2.23. The fourth-order valence-corrected chi connectivity index (χ4v) is 3.59. The summed E-state index contributed by atoms with van der Waals surface area (Å²) < 4.78 is 1.02. The summed E-state index contributed by atoms with van der Waals surface area (Å²) in [5, 5.41) is 3.84. The third-order valence-electron chi connectivity index (χ3n) is 3.21. The number of amides is 2. The number of fused-ring (bicyclic) bond motifs is 1. The number of hydrogen-bond acceptors (Lipinski definition) is 3. The molecule has 0 aliphatic carbocycles. The van der Waals surface area contributed by atoms with E-state index in [1.165, 1.54) is 0 Å². The van der Waals surface area contributed by atoms with Crippen molar-refractivity contribution in [2.75, 3.05) is 0 Å². The first-order chi connectivity index (χ1) is 10.5. The van der Waals surface area contributed by atoms with Gasteiger partial charge in [0.2, 0.25) is 5.91 Å². The minimum absolute atomic E-state index is 0.168. The number of carbonyl (C=O) groups is 2. The number of aromatic amines is 1. The summed E-state index contributed by atoms with van der Waals surface area (Å²) in [4.78, 5) is 27.2. The van der Waals surface area contributed by atoms with Crippen LogP contribution >= 0.6 is 27.3 Å². The molecule has 3 rings (SSSR count). The van der Waals surface area contributed by atoms with Gasteiger partial charge in [0, 0.05) is 17.5 Å². The van der Waals surface area contributed by atoms with Gasteiger partial charge in [0.15, 0.2) is 0 Å². The van der Waals surface area contributed by atoms with E-state index in [9.17, 15) is 9.59 Å². The normalized spacial score (nSPS) is 10.8. The van der Waals surface area contributed by atoms with Gasteiger partial charge in [-0.25, -0.2) is 0 Å². The van der Waals surface area contributed by atoms with Crippen molar-refractivity contribution < 1.29 is 9.59 Å². The monoisotopic (exact) mass is 377 g/mol. The van der Waals surface area contributed by atoms with E-state index < -0.39 is 5.91 Å². The summed E-state index contributed by atoms with van der Waals surface area (Å²) in [5.74, 6) is -0.633. The zero-order valence-corrected chi connectivity index (χ0v) is 13.8. The van der Waals surface area contributed by atoms with E-state index in [4.69, 9.17) is 5.73 Å². The van der Waals surface area contributed by atoms with Gasteiger partial charge in [-0.15, -0.1) is 11.3 Å². The van der Waals surface area contributed by atoms with Crippen molar-refractivity contribution in [2.45, 2.75) is 6.54 Å². The lowest BCUT2D eigenvalue weighted by molar-refractivity contribution is 0.0945. The van der Waals surface area contributed by atoms with Crippen LogP contribution in [0.1, 0.15) is 26.4 Å². The molecular formula is C15H12BrN3O2S. The van der Waals surface area contributed by atoms with Crippen molar-refractivity contribution in [3.8, 4) is 0 Å². The Morgan fingerprint density at radius 1 is 1.23 bits per heavy atom. The van der Waals surface area contributed by atoms with E-state index in [1.807, 2.05) is 12.1 Å². The molecule has 22 heavy (non-hydrogen) atoms. The molecule has 112 valence electrons. The third kappa shape index (κ3) is 3.05. The number of H-pyrrole nitrogens is 1. The molecule has 0 fully saturated rings. The maximum Gasteiger partial charge on any atom is 0.268 e. The van der Waals surface area contributed by atoms with Crippen molar-refractivity contribution in [3.05, 3.63) is 57.0 Å². The maximum absolute atomic E-state index is 12.1. The fraction of sp³-hybridized carbons (Fsp3) is 0.0667. The minimum Gasteiger partial charge on any atom is -0.366 e. The van der Waals surface area contributed by atoms with E-state index in [1.54, 1.807) is 35.6 Å². The largest absolute Gasteiger partial charge is 0.366 e. The Morgan fingerprint density at radius 3 is 2.59 bits per heavy atom. The summed E-state index contributed by atoms with van der Waals surface area (Å²) in [7, 11) is 0. The molecule has 0 aliphatic heterocycles.